The van der Waals surface area contributed by atoms with Gasteiger partial charge in [-0.15, -0.1) is 0 Å². The number of nitrogens with zero attached hydrogens (tertiary/aromatic N) is 2. The summed E-state index contributed by atoms with van der Waals surface area (Å²) in [6.45, 7) is 5.26. The summed E-state index contributed by atoms with van der Waals surface area (Å²) in [6, 6.07) is 6.03. The van der Waals surface area contributed by atoms with Crippen LogP contribution in [0.4, 0.5) is 10.5 Å². The number of anilines is 1. The van der Waals surface area contributed by atoms with Crippen molar-refractivity contribution in [3.8, 4) is 5.75 Å². The molecular weight excluding hydrogens is 326 g/mol. The topological polar surface area (TPSA) is 80.3 Å². The Hall–Kier alpha value is -2.48. The molecule has 8 heteroatoms. The van der Waals surface area contributed by atoms with Crippen LogP contribution in [0.2, 0.25) is 0 Å². The molecule has 0 saturated carbocycles. The van der Waals surface area contributed by atoms with E-state index in [9.17, 15) is 9.59 Å². The largest absolute Gasteiger partial charge is 0.466 e. The van der Waals surface area contributed by atoms with Gasteiger partial charge in [0, 0.05) is 31.3 Å². The average molecular weight is 347 g/mol. The standard InChI is InChI=1S/C17H21N3O5/c1-11(21)18-9-15-16-20(17(22)25-15)10-12-8-13(2-3-14(12)24-16)19-4-6-23-7-5-19/h2-3,8,15-16H,4-7,9-10H2,1H3,(H,18,21)/t15-,16-/m0/s1. The Morgan fingerprint density at radius 2 is 2.08 bits per heavy atom. The highest BCUT2D eigenvalue weighted by molar-refractivity contribution is 5.74. The van der Waals surface area contributed by atoms with Gasteiger partial charge in [0.2, 0.25) is 12.1 Å². The fourth-order valence-electron chi connectivity index (χ4n) is 3.38. The van der Waals surface area contributed by atoms with Crippen LogP contribution < -0.4 is 15.0 Å². The predicted octanol–water partition coefficient (Wildman–Crippen LogP) is 0.699. The quantitative estimate of drug-likeness (QED) is 0.867. The first-order valence-corrected chi connectivity index (χ1v) is 8.46. The summed E-state index contributed by atoms with van der Waals surface area (Å²) in [7, 11) is 0. The molecule has 4 rings (SSSR count). The van der Waals surface area contributed by atoms with E-state index in [2.05, 4.69) is 16.3 Å². The molecule has 1 aromatic rings. The Morgan fingerprint density at radius 3 is 2.84 bits per heavy atom. The van der Waals surface area contributed by atoms with Crippen LogP contribution in [0.1, 0.15) is 12.5 Å². The minimum Gasteiger partial charge on any atom is -0.466 e. The van der Waals surface area contributed by atoms with E-state index in [-0.39, 0.29) is 12.5 Å². The van der Waals surface area contributed by atoms with Gasteiger partial charge in [-0.25, -0.2) is 4.79 Å². The molecule has 8 nitrogen and oxygen atoms in total. The number of fused-ring (bicyclic) bond motifs is 2. The lowest BCUT2D eigenvalue weighted by Gasteiger charge is -2.33. The summed E-state index contributed by atoms with van der Waals surface area (Å²) in [5, 5.41) is 2.68. The number of amides is 2. The first-order valence-electron chi connectivity index (χ1n) is 8.46. The van der Waals surface area contributed by atoms with Gasteiger partial charge >= 0.3 is 6.09 Å². The third-order valence-electron chi connectivity index (χ3n) is 4.67. The van der Waals surface area contributed by atoms with Crippen LogP contribution in [0.15, 0.2) is 18.2 Å². The maximum atomic E-state index is 12.1. The molecule has 2 atom stereocenters. The molecule has 0 spiro atoms. The summed E-state index contributed by atoms with van der Waals surface area (Å²) in [4.78, 5) is 27.1. The second-order valence-corrected chi connectivity index (χ2v) is 6.39. The average Bonchev–Trinajstić information content (AvgIpc) is 2.93. The maximum absolute atomic E-state index is 12.1. The fraction of sp³-hybridized carbons (Fsp3) is 0.529. The highest BCUT2D eigenvalue weighted by atomic mass is 16.6. The van der Waals surface area contributed by atoms with Crippen LogP contribution in [0.25, 0.3) is 0 Å². The highest BCUT2D eigenvalue weighted by Crippen LogP contribution is 2.36. The zero-order valence-electron chi connectivity index (χ0n) is 14.1. The third kappa shape index (κ3) is 3.09. The normalized spacial score (nSPS) is 24.9. The number of morpholine rings is 1. The van der Waals surface area contributed by atoms with Crippen LogP contribution in [0.3, 0.4) is 0 Å². The van der Waals surface area contributed by atoms with Crippen molar-refractivity contribution in [2.24, 2.45) is 0 Å². The fourth-order valence-corrected chi connectivity index (χ4v) is 3.38. The Balaban J connectivity index is 1.52. The summed E-state index contributed by atoms with van der Waals surface area (Å²) in [5.41, 5.74) is 2.06. The summed E-state index contributed by atoms with van der Waals surface area (Å²) in [5.74, 6) is 0.588. The number of rotatable bonds is 3. The van der Waals surface area contributed by atoms with Crippen molar-refractivity contribution >= 4 is 17.7 Å². The molecule has 2 fully saturated rings. The molecule has 0 aliphatic carbocycles. The molecule has 0 aromatic heterocycles. The van der Waals surface area contributed by atoms with Gasteiger partial charge in [-0.3, -0.25) is 9.69 Å². The Kier molecular flexibility index (Phi) is 4.12. The van der Waals surface area contributed by atoms with E-state index in [1.54, 1.807) is 4.90 Å². The van der Waals surface area contributed by atoms with Gasteiger partial charge in [0.25, 0.3) is 0 Å². The smallest absolute Gasteiger partial charge is 0.413 e. The number of cyclic esters (lactones) is 1. The van der Waals surface area contributed by atoms with Crippen molar-refractivity contribution in [3.05, 3.63) is 23.8 Å². The summed E-state index contributed by atoms with van der Waals surface area (Å²) < 4.78 is 16.7. The third-order valence-corrected chi connectivity index (χ3v) is 4.67. The van der Waals surface area contributed by atoms with Gasteiger partial charge in [-0.2, -0.15) is 0 Å². The predicted molar refractivity (Wildman–Crippen MR) is 88.4 cm³/mol. The van der Waals surface area contributed by atoms with E-state index in [0.717, 1.165) is 43.3 Å². The molecule has 3 aliphatic rings. The lowest BCUT2D eigenvalue weighted by Crippen LogP contribution is -2.47. The second kappa shape index (κ2) is 6.44. The Morgan fingerprint density at radius 1 is 1.28 bits per heavy atom. The van der Waals surface area contributed by atoms with Crippen LogP contribution in [0, 0.1) is 0 Å². The van der Waals surface area contributed by atoms with Gasteiger partial charge in [0.15, 0.2) is 6.10 Å². The van der Waals surface area contributed by atoms with E-state index in [0.29, 0.717) is 6.54 Å². The van der Waals surface area contributed by atoms with E-state index in [1.165, 1.54) is 6.92 Å². The molecule has 134 valence electrons. The van der Waals surface area contributed by atoms with Crippen LogP contribution in [-0.4, -0.2) is 62.1 Å². The lowest BCUT2D eigenvalue weighted by molar-refractivity contribution is -0.119. The van der Waals surface area contributed by atoms with Gasteiger partial charge in [0.05, 0.1) is 26.3 Å². The van der Waals surface area contributed by atoms with E-state index >= 15 is 0 Å². The van der Waals surface area contributed by atoms with E-state index in [1.807, 2.05) is 12.1 Å². The first kappa shape index (κ1) is 16.0. The van der Waals surface area contributed by atoms with Crippen molar-refractivity contribution < 1.29 is 23.8 Å². The number of carbonyl (C=O) groups excluding carboxylic acids is 2. The van der Waals surface area contributed by atoms with Gasteiger partial charge < -0.3 is 24.4 Å². The van der Waals surface area contributed by atoms with Gasteiger partial charge in [0.1, 0.15) is 5.75 Å². The number of carbonyl (C=O) groups is 2. The first-order chi connectivity index (χ1) is 12.1. The van der Waals surface area contributed by atoms with Gasteiger partial charge in [-0.1, -0.05) is 0 Å². The maximum Gasteiger partial charge on any atom is 0.413 e. The lowest BCUT2D eigenvalue weighted by atomic mass is 10.1. The molecule has 0 radical (unpaired) electrons. The molecule has 2 saturated heterocycles. The number of hydrogen-bond donors (Lipinski definition) is 1. The van der Waals surface area contributed by atoms with Crippen molar-refractivity contribution in [2.75, 3.05) is 37.7 Å². The molecule has 3 aliphatic heterocycles. The molecule has 0 bridgehead atoms. The second-order valence-electron chi connectivity index (χ2n) is 6.39. The Bertz CT molecular complexity index is 689. The van der Waals surface area contributed by atoms with Crippen LogP contribution in [0.5, 0.6) is 5.75 Å². The number of nitrogens with one attached hydrogen (secondary N) is 1. The molecule has 3 heterocycles. The minimum atomic E-state index is -0.513. The Labute approximate surface area is 145 Å². The zero-order valence-corrected chi connectivity index (χ0v) is 14.1. The van der Waals surface area contributed by atoms with Crippen LogP contribution >= 0.6 is 0 Å². The van der Waals surface area contributed by atoms with Crippen molar-refractivity contribution in [1.29, 1.82) is 0 Å². The van der Waals surface area contributed by atoms with Crippen molar-refractivity contribution in [3.63, 3.8) is 0 Å². The monoisotopic (exact) mass is 347 g/mol. The zero-order chi connectivity index (χ0) is 17.4. The minimum absolute atomic E-state index is 0.166. The molecule has 1 N–H and O–H groups in total. The van der Waals surface area contributed by atoms with Crippen molar-refractivity contribution in [1.82, 2.24) is 10.2 Å². The SMILES string of the molecule is CC(=O)NC[C@@H]1OC(=O)N2Cc3cc(N4CCOCC4)ccc3O[C@@H]12. The van der Waals surface area contributed by atoms with Crippen LogP contribution in [-0.2, 0) is 20.8 Å². The number of benzene rings is 1. The number of hydrogen-bond acceptors (Lipinski definition) is 6. The molecule has 2 amide bonds. The summed E-state index contributed by atoms with van der Waals surface area (Å²) >= 11 is 0. The van der Waals surface area contributed by atoms with Gasteiger partial charge in [-0.05, 0) is 18.2 Å². The highest BCUT2D eigenvalue weighted by Gasteiger charge is 2.46. The molecular formula is C17H21N3O5. The molecule has 1 aromatic carbocycles. The molecule has 0 unspecified atom stereocenters. The van der Waals surface area contributed by atoms with E-state index < -0.39 is 18.4 Å². The van der Waals surface area contributed by atoms with Crippen molar-refractivity contribution in [2.45, 2.75) is 25.8 Å². The molecule has 25 heavy (non-hydrogen) atoms. The number of ether oxygens (including phenoxy) is 3. The summed E-state index contributed by atoms with van der Waals surface area (Å²) in [6.07, 6.45) is -1.44. The van der Waals surface area contributed by atoms with E-state index in [4.69, 9.17) is 14.2 Å².